The van der Waals surface area contributed by atoms with Crippen LogP contribution >= 0.6 is 0 Å². The maximum Gasteiger partial charge on any atom is 0.349 e. The number of aromatic nitrogens is 2. The van der Waals surface area contributed by atoms with E-state index in [2.05, 4.69) is 20.8 Å². The molecule has 0 aliphatic carbocycles. The molecule has 4 heterocycles. The van der Waals surface area contributed by atoms with Gasteiger partial charge in [0.2, 0.25) is 0 Å². The van der Waals surface area contributed by atoms with Crippen LogP contribution in [0.25, 0.3) is 33.0 Å². The average molecular weight is 575 g/mol. The molecular weight excluding hydrogens is 542 g/mol. The van der Waals surface area contributed by atoms with E-state index in [1.165, 1.54) is 24.3 Å². The number of terminal acetylenes is 1. The largest absolute Gasteiger partial charge is 0.508 e. The molecule has 2 aliphatic rings. The molecule has 0 amide bonds. The Bertz CT molecular complexity index is 1810. The molecular formula is C32H32F2N4O4. The van der Waals surface area contributed by atoms with Crippen molar-refractivity contribution in [2.45, 2.75) is 51.7 Å². The van der Waals surface area contributed by atoms with E-state index in [0.29, 0.717) is 53.7 Å². The lowest BCUT2D eigenvalue weighted by atomic mass is 9.95. The van der Waals surface area contributed by atoms with Gasteiger partial charge >= 0.3 is 11.6 Å². The number of alkyl halides is 1. The van der Waals surface area contributed by atoms with Crippen molar-refractivity contribution in [1.82, 2.24) is 14.9 Å². The first-order valence-corrected chi connectivity index (χ1v) is 14.2. The summed E-state index contributed by atoms with van der Waals surface area (Å²) < 4.78 is 41.2. The molecule has 42 heavy (non-hydrogen) atoms. The molecule has 218 valence electrons. The lowest BCUT2D eigenvalue weighted by Crippen LogP contribution is -2.43. The highest BCUT2D eigenvalue weighted by Gasteiger charge is 2.49. The van der Waals surface area contributed by atoms with Crippen LogP contribution in [0.2, 0.25) is 0 Å². The first-order valence-electron chi connectivity index (χ1n) is 14.2. The van der Waals surface area contributed by atoms with Gasteiger partial charge in [0.05, 0.1) is 16.6 Å². The highest BCUT2D eigenvalue weighted by atomic mass is 19.1. The zero-order chi connectivity index (χ0) is 29.8. The Morgan fingerprint density at radius 1 is 1.26 bits per heavy atom. The Labute approximate surface area is 241 Å². The van der Waals surface area contributed by atoms with Crippen molar-refractivity contribution in [1.29, 1.82) is 0 Å². The highest BCUT2D eigenvalue weighted by Crippen LogP contribution is 2.41. The quantitative estimate of drug-likeness (QED) is 0.296. The van der Waals surface area contributed by atoms with Crippen molar-refractivity contribution in [3.8, 4) is 35.4 Å². The monoisotopic (exact) mass is 574 g/mol. The maximum absolute atomic E-state index is 14.8. The third-order valence-corrected chi connectivity index (χ3v) is 8.70. The summed E-state index contributed by atoms with van der Waals surface area (Å²) in [5.41, 5.74) is -0.0679. The summed E-state index contributed by atoms with van der Waals surface area (Å²) in [6.45, 7) is 8.21. The van der Waals surface area contributed by atoms with E-state index < -0.39 is 23.2 Å². The smallest absolute Gasteiger partial charge is 0.349 e. The molecule has 0 unspecified atom stereocenters. The van der Waals surface area contributed by atoms with Crippen LogP contribution in [0.3, 0.4) is 0 Å². The Balaban J connectivity index is 1.56. The van der Waals surface area contributed by atoms with Crippen LogP contribution in [0, 0.1) is 25.1 Å². The molecule has 0 bridgehead atoms. The van der Waals surface area contributed by atoms with E-state index in [0.717, 1.165) is 19.4 Å². The van der Waals surface area contributed by atoms with Crippen LogP contribution in [0.5, 0.6) is 11.8 Å². The topological polar surface area (TPSA) is 91.9 Å². The van der Waals surface area contributed by atoms with Gasteiger partial charge in [-0.05, 0) is 63.7 Å². The molecule has 2 saturated heterocycles. The Morgan fingerprint density at radius 2 is 2.05 bits per heavy atom. The number of fused-ring (bicyclic) bond motifs is 3. The van der Waals surface area contributed by atoms with Crippen LogP contribution in [0.1, 0.15) is 44.2 Å². The number of aromatic hydroxyl groups is 1. The third-order valence-electron chi connectivity index (χ3n) is 8.70. The first-order chi connectivity index (χ1) is 20.2. The fraction of sp³-hybridized carbons (Fsp3) is 0.406. The Morgan fingerprint density at radius 3 is 2.79 bits per heavy atom. The zero-order valence-electron chi connectivity index (χ0n) is 23.8. The number of hydrogen-bond donors (Lipinski definition) is 1. The number of phenolic OH excluding ortho intramolecular Hbond substituents is 1. The predicted octanol–water partition coefficient (Wildman–Crippen LogP) is 5.34. The number of hydrogen-bond acceptors (Lipinski definition) is 8. The number of benzene rings is 2. The first kappa shape index (κ1) is 27.9. The van der Waals surface area contributed by atoms with Crippen molar-refractivity contribution in [2.24, 2.45) is 0 Å². The molecule has 1 N–H and O–H groups in total. The SMILES string of the molecule is C#Cc1c(F)ccc2cc(O)cc(-c3oc(=O)c4c(N(CC)CC)nc(OC[C@@]56CCCN5C[C@H](F)C6)nc4c3C)c12. The number of phenols is 1. The van der Waals surface area contributed by atoms with E-state index in [-0.39, 0.29) is 40.6 Å². The molecule has 6 rings (SSSR count). The van der Waals surface area contributed by atoms with E-state index in [1.54, 1.807) is 6.92 Å². The van der Waals surface area contributed by atoms with Crippen molar-refractivity contribution < 1.29 is 23.0 Å². The molecule has 8 nitrogen and oxygen atoms in total. The summed E-state index contributed by atoms with van der Waals surface area (Å²) in [4.78, 5) is 27.0. The van der Waals surface area contributed by atoms with Gasteiger partial charge in [0.15, 0.2) is 5.82 Å². The normalized spacial score (nSPS) is 20.2. The number of anilines is 1. The Kier molecular flexibility index (Phi) is 7.01. The molecule has 0 saturated carbocycles. The number of ether oxygens (including phenoxy) is 1. The van der Waals surface area contributed by atoms with Gasteiger partial charge in [-0.3, -0.25) is 4.90 Å². The van der Waals surface area contributed by atoms with E-state index in [9.17, 15) is 18.7 Å². The van der Waals surface area contributed by atoms with Crippen LogP contribution in [-0.2, 0) is 0 Å². The maximum atomic E-state index is 14.8. The number of halogens is 2. The molecule has 2 aromatic carbocycles. The molecule has 2 fully saturated rings. The van der Waals surface area contributed by atoms with Gasteiger partial charge in [0.25, 0.3) is 0 Å². The zero-order valence-corrected chi connectivity index (χ0v) is 23.8. The molecule has 2 aromatic heterocycles. The van der Waals surface area contributed by atoms with Crippen molar-refractivity contribution >= 4 is 27.5 Å². The Hall–Kier alpha value is -4.23. The van der Waals surface area contributed by atoms with E-state index >= 15 is 0 Å². The number of nitrogens with zero attached hydrogens (tertiary/aromatic N) is 4. The minimum absolute atomic E-state index is 0.0108. The van der Waals surface area contributed by atoms with Crippen LogP contribution in [0.15, 0.2) is 33.5 Å². The molecule has 10 heteroatoms. The lowest BCUT2D eigenvalue weighted by molar-refractivity contribution is 0.107. The second-order valence-electron chi connectivity index (χ2n) is 11.1. The van der Waals surface area contributed by atoms with Crippen molar-refractivity contribution in [3.05, 3.63) is 51.6 Å². The van der Waals surface area contributed by atoms with Crippen LogP contribution < -0.4 is 15.3 Å². The lowest BCUT2D eigenvalue weighted by Gasteiger charge is -2.31. The van der Waals surface area contributed by atoms with Gasteiger partial charge in [-0.25, -0.2) is 13.6 Å². The van der Waals surface area contributed by atoms with Crippen molar-refractivity contribution in [3.63, 3.8) is 0 Å². The minimum Gasteiger partial charge on any atom is -0.508 e. The summed E-state index contributed by atoms with van der Waals surface area (Å²) in [6.07, 6.45) is 6.98. The van der Waals surface area contributed by atoms with Crippen molar-refractivity contribution in [2.75, 3.05) is 37.7 Å². The second kappa shape index (κ2) is 10.6. The molecule has 2 atom stereocenters. The van der Waals surface area contributed by atoms with Gasteiger partial charge < -0.3 is 19.2 Å². The fourth-order valence-corrected chi connectivity index (χ4v) is 6.68. The average Bonchev–Trinajstić information content (AvgIpc) is 3.49. The summed E-state index contributed by atoms with van der Waals surface area (Å²) in [5, 5.41) is 11.5. The summed E-state index contributed by atoms with van der Waals surface area (Å²) >= 11 is 0. The molecule has 0 spiro atoms. The fourth-order valence-electron chi connectivity index (χ4n) is 6.68. The third kappa shape index (κ3) is 4.43. The molecule has 2 aliphatic heterocycles. The van der Waals surface area contributed by atoms with Crippen LogP contribution in [0.4, 0.5) is 14.6 Å². The van der Waals surface area contributed by atoms with E-state index in [1.807, 2.05) is 18.7 Å². The van der Waals surface area contributed by atoms with E-state index in [4.69, 9.17) is 15.6 Å². The standard InChI is InChI=1S/C32H32F2N4O4/c1-5-22-24(34)10-9-19-13-21(39)14-23(25(19)22)28-18(4)27-26(30(40)42-28)29(37(6-2)7-3)36-31(35-27)41-17-32-11-8-12-38(32)16-20(33)15-32/h1,9-10,13-14,20,39H,6-8,11-12,15-17H2,2-4H3/t20-,32+/m1/s1. The van der Waals surface area contributed by atoms with Gasteiger partial charge in [-0.1, -0.05) is 12.0 Å². The number of rotatable bonds is 7. The summed E-state index contributed by atoms with van der Waals surface area (Å²) in [7, 11) is 0. The van der Waals surface area contributed by atoms with Gasteiger partial charge in [0, 0.05) is 42.6 Å². The summed E-state index contributed by atoms with van der Waals surface area (Å²) in [6, 6.07) is 5.68. The second-order valence-corrected chi connectivity index (χ2v) is 11.1. The van der Waals surface area contributed by atoms with Gasteiger partial charge in [0.1, 0.15) is 35.5 Å². The highest BCUT2D eigenvalue weighted by molar-refractivity contribution is 6.03. The van der Waals surface area contributed by atoms with Gasteiger partial charge in [-0.2, -0.15) is 9.97 Å². The van der Waals surface area contributed by atoms with Crippen LogP contribution in [-0.4, -0.2) is 64.5 Å². The molecule has 4 aromatic rings. The minimum atomic E-state index is -0.901. The number of aryl methyl sites for hydroxylation is 1. The predicted molar refractivity (Wildman–Crippen MR) is 157 cm³/mol. The van der Waals surface area contributed by atoms with Gasteiger partial charge in [-0.15, -0.1) is 6.42 Å². The summed E-state index contributed by atoms with van der Waals surface area (Å²) in [5.74, 6) is 2.15. The molecule has 0 radical (unpaired) electrons.